The molecule has 3 nitrogen and oxygen atoms in total. The summed E-state index contributed by atoms with van der Waals surface area (Å²) in [6.07, 6.45) is 11.8. The van der Waals surface area contributed by atoms with Gasteiger partial charge in [0.05, 0.1) is 0 Å². The minimum absolute atomic E-state index is 0.763. The zero-order valence-electron chi connectivity index (χ0n) is 13.6. The fourth-order valence-electron chi connectivity index (χ4n) is 3.52. The summed E-state index contributed by atoms with van der Waals surface area (Å²) in [6.45, 7) is 4.32. The van der Waals surface area contributed by atoms with E-state index in [0.29, 0.717) is 0 Å². The van der Waals surface area contributed by atoms with Crippen LogP contribution in [0.3, 0.4) is 0 Å². The minimum Gasteiger partial charge on any atom is -0.359 e. The van der Waals surface area contributed by atoms with Crippen molar-refractivity contribution in [2.24, 2.45) is 5.92 Å². The Morgan fingerprint density at radius 2 is 1.95 bits per heavy atom. The van der Waals surface area contributed by atoms with Crippen LogP contribution in [0.2, 0.25) is 0 Å². The average molecular weight is 287 g/mol. The van der Waals surface area contributed by atoms with Crippen molar-refractivity contribution in [2.45, 2.75) is 64.5 Å². The molecule has 0 spiro atoms. The highest BCUT2D eigenvalue weighted by molar-refractivity contribution is 5.46. The van der Waals surface area contributed by atoms with Gasteiger partial charge >= 0.3 is 0 Å². The summed E-state index contributed by atoms with van der Waals surface area (Å²) in [5.41, 5.74) is 2.62. The molecule has 0 radical (unpaired) electrons. The van der Waals surface area contributed by atoms with E-state index in [0.717, 1.165) is 30.9 Å². The SMILES string of the molecule is Cc1cc(CNC2CC2)cnc1N(C)CC1CCCCC1. The third kappa shape index (κ3) is 4.19. The van der Waals surface area contributed by atoms with Crippen LogP contribution < -0.4 is 10.2 Å². The average Bonchev–Trinajstić information content (AvgIpc) is 3.30. The molecule has 2 saturated carbocycles. The number of hydrogen-bond acceptors (Lipinski definition) is 3. The van der Waals surface area contributed by atoms with Crippen LogP contribution >= 0.6 is 0 Å². The first-order valence-corrected chi connectivity index (χ1v) is 8.62. The van der Waals surface area contributed by atoms with Crippen LogP contribution in [-0.2, 0) is 6.54 Å². The van der Waals surface area contributed by atoms with E-state index >= 15 is 0 Å². The van der Waals surface area contributed by atoms with Gasteiger partial charge in [0.25, 0.3) is 0 Å². The Balaban J connectivity index is 1.57. The molecule has 2 aliphatic rings. The third-order valence-corrected chi connectivity index (χ3v) is 4.90. The summed E-state index contributed by atoms with van der Waals surface area (Å²) in [7, 11) is 2.20. The Hall–Kier alpha value is -1.09. The van der Waals surface area contributed by atoms with Crippen molar-refractivity contribution in [3.8, 4) is 0 Å². The van der Waals surface area contributed by atoms with Crippen LogP contribution in [-0.4, -0.2) is 24.6 Å². The summed E-state index contributed by atoms with van der Waals surface area (Å²) >= 11 is 0. The molecule has 3 rings (SSSR count). The first-order valence-electron chi connectivity index (χ1n) is 8.62. The quantitative estimate of drug-likeness (QED) is 0.865. The number of aryl methyl sites for hydroxylation is 1. The Morgan fingerprint density at radius 1 is 1.19 bits per heavy atom. The second-order valence-corrected chi connectivity index (χ2v) is 7.02. The normalized spacial score (nSPS) is 19.7. The number of anilines is 1. The van der Waals surface area contributed by atoms with E-state index in [2.05, 4.69) is 36.5 Å². The first kappa shape index (κ1) is 14.8. The molecular weight excluding hydrogens is 258 g/mol. The lowest BCUT2D eigenvalue weighted by Crippen LogP contribution is -2.28. The van der Waals surface area contributed by atoms with E-state index in [1.54, 1.807) is 0 Å². The van der Waals surface area contributed by atoms with Gasteiger partial charge in [-0.3, -0.25) is 0 Å². The van der Waals surface area contributed by atoms with Crippen molar-refractivity contribution >= 4 is 5.82 Å². The molecule has 3 heteroatoms. The van der Waals surface area contributed by atoms with Gasteiger partial charge in [0.15, 0.2) is 0 Å². The van der Waals surface area contributed by atoms with Gasteiger partial charge in [-0.25, -0.2) is 4.98 Å². The van der Waals surface area contributed by atoms with Gasteiger partial charge in [-0.2, -0.15) is 0 Å². The van der Waals surface area contributed by atoms with E-state index < -0.39 is 0 Å². The van der Waals surface area contributed by atoms with Crippen molar-refractivity contribution in [1.29, 1.82) is 0 Å². The van der Waals surface area contributed by atoms with Gasteiger partial charge in [-0.15, -0.1) is 0 Å². The van der Waals surface area contributed by atoms with E-state index in [9.17, 15) is 0 Å². The first-order chi connectivity index (χ1) is 10.2. The third-order valence-electron chi connectivity index (χ3n) is 4.90. The summed E-state index contributed by atoms with van der Waals surface area (Å²) in [5.74, 6) is 2.02. The molecule has 0 atom stereocenters. The highest BCUT2D eigenvalue weighted by Crippen LogP contribution is 2.26. The minimum atomic E-state index is 0.763. The van der Waals surface area contributed by atoms with E-state index in [4.69, 9.17) is 4.98 Å². The van der Waals surface area contributed by atoms with Crippen LogP contribution in [0.15, 0.2) is 12.3 Å². The van der Waals surface area contributed by atoms with Crippen molar-refractivity contribution < 1.29 is 0 Å². The Bertz CT molecular complexity index is 462. The molecule has 2 aliphatic carbocycles. The molecule has 1 aromatic rings. The molecule has 2 fully saturated rings. The van der Waals surface area contributed by atoms with Crippen LogP contribution in [0.1, 0.15) is 56.1 Å². The molecule has 1 heterocycles. The number of nitrogens with zero attached hydrogens (tertiary/aromatic N) is 2. The zero-order valence-corrected chi connectivity index (χ0v) is 13.6. The van der Waals surface area contributed by atoms with Crippen molar-refractivity contribution in [3.05, 3.63) is 23.4 Å². The molecule has 0 amide bonds. The second-order valence-electron chi connectivity index (χ2n) is 7.02. The highest BCUT2D eigenvalue weighted by Gasteiger charge is 2.20. The second kappa shape index (κ2) is 6.78. The van der Waals surface area contributed by atoms with Crippen LogP contribution in [0, 0.1) is 12.8 Å². The van der Waals surface area contributed by atoms with Crippen LogP contribution in [0.5, 0.6) is 0 Å². The highest BCUT2D eigenvalue weighted by atomic mass is 15.2. The standard InChI is InChI=1S/C18H29N3/c1-14-10-16(11-19-17-8-9-17)12-20-18(14)21(2)13-15-6-4-3-5-7-15/h10,12,15,17,19H,3-9,11,13H2,1-2H3. The number of nitrogens with one attached hydrogen (secondary N) is 1. The summed E-state index contributed by atoms with van der Waals surface area (Å²) in [4.78, 5) is 7.09. The smallest absolute Gasteiger partial charge is 0.131 e. The molecule has 116 valence electrons. The Kier molecular flexibility index (Phi) is 4.79. The lowest BCUT2D eigenvalue weighted by atomic mass is 9.89. The van der Waals surface area contributed by atoms with E-state index in [1.807, 2.05) is 0 Å². The van der Waals surface area contributed by atoms with Gasteiger partial charge in [-0.05, 0) is 55.7 Å². The molecule has 21 heavy (non-hydrogen) atoms. The fraction of sp³-hybridized carbons (Fsp3) is 0.722. The van der Waals surface area contributed by atoms with Crippen molar-refractivity contribution in [2.75, 3.05) is 18.5 Å². The van der Waals surface area contributed by atoms with Gasteiger partial charge in [-0.1, -0.05) is 19.3 Å². The Labute approximate surface area is 129 Å². The largest absolute Gasteiger partial charge is 0.359 e. The molecule has 1 aromatic heterocycles. The maximum Gasteiger partial charge on any atom is 0.131 e. The van der Waals surface area contributed by atoms with Gasteiger partial charge in [0.1, 0.15) is 5.82 Å². The number of aromatic nitrogens is 1. The molecular formula is C18H29N3. The summed E-state index contributed by atoms with van der Waals surface area (Å²) in [5, 5.41) is 3.56. The fourth-order valence-corrected chi connectivity index (χ4v) is 3.52. The van der Waals surface area contributed by atoms with Crippen molar-refractivity contribution in [3.63, 3.8) is 0 Å². The maximum absolute atomic E-state index is 4.73. The van der Waals surface area contributed by atoms with Crippen LogP contribution in [0.25, 0.3) is 0 Å². The predicted molar refractivity (Wildman–Crippen MR) is 88.7 cm³/mol. The van der Waals surface area contributed by atoms with Gasteiger partial charge < -0.3 is 10.2 Å². The molecule has 0 aliphatic heterocycles. The van der Waals surface area contributed by atoms with Crippen LogP contribution in [0.4, 0.5) is 5.82 Å². The molecule has 1 N–H and O–H groups in total. The Morgan fingerprint density at radius 3 is 2.62 bits per heavy atom. The molecule has 0 saturated heterocycles. The molecule has 0 aromatic carbocycles. The number of rotatable bonds is 6. The lowest BCUT2D eigenvalue weighted by Gasteiger charge is -2.28. The molecule has 0 bridgehead atoms. The summed E-state index contributed by atoms with van der Waals surface area (Å²) < 4.78 is 0. The van der Waals surface area contributed by atoms with E-state index in [1.165, 1.54) is 56.1 Å². The van der Waals surface area contributed by atoms with E-state index in [-0.39, 0.29) is 0 Å². The monoisotopic (exact) mass is 287 g/mol. The van der Waals surface area contributed by atoms with Crippen molar-refractivity contribution in [1.82, 2.24) is 10.3 Å². The topological polar surface area (TPSA) is 28.2 Å². The lowest BCUT2D eigenvalue weighted by molar-refractivity contribution is 0.361. The maximum atomic E-state index is 4.73. The zero-order chi connectivity index (χ0) is 14.7. The molecule has 0 unspecified atom stereocenters. The van der Waals surface area contributed by atoms with Gasteiger partial charge in [0.2, 0.25) is 0 Å². The summed E-state index contributed by atoms with van der Waals surface area (Å²) in [6, 6.07) is 3.06. The number of pyridine rings is 1. The number of hydrogen-bond donors (Lipinski definition) is 1. The van der Waals surface area contributed by atoms with Gasteiger partial charge in [0, 0.05) is 32.4 Å². The predicted octanol–water partition coefficient (Wildman–Crippen LogP) is 3.66.